The number of rotatable bonds is 2. The van der Waals surface area contributed by atoms with Crippen LogP contribution >= 0.6 is 11.6 Å². The smallest absolute Gasteiger partial charge is 0.153 e. The largest absolute Gasteiger partial charge is 0.298 e. The first kappa shape index (κ1) is 8.87. The highest BCUT2D eigenvalue weighted by Crippen LogP contribution is 2.18. The molecule has 0 aromatic heterocycles. The summed E-state index contributed by atoms with van der Waals surface area (Å²) >= 11 is 5.52. The molecule has 0 saturated heterocycles. The Morgan fingerprint density at radius 1 is 1.17 bits per heavy atom. The van der Waals surface area contributed by atoms with Gasteiger partial charge in [0.15, 0.2) is 12.6 Å². The molecule has 1 aromatic carbocycles. The molecule has 12 heavy (non-hydrogen) atoms. The van der Waals surface area contributed by atoms with E-state index in [9.17, 15) is 14.0 Å². The van der Waals surface area contributed by atoms with Gasteiger partial charge in [0, 0.05) is 5.56 Å². The molecule has 62 valence electrons. The number of hydrogen-bond donors (Lipinski definition) is 0. The van der Waals surface area contributed by atoms with E-state index in [1.54, 1.807) is 0 Å². The van der Waals surface area contributed by atoms with Crippen LogP contribution in [0, 0.1) is 5.82 Å². The summed E-state index contributed by atoms with van der Waals surface area (Å²) in [6, 6.07) is 2.05. The third kappa shape index (κ3) is 1.51. The highest BCUT2D eigenvalue weighted by atomic mass is 35.5. The molecule has 0 fully saturated rings. The van der Waals surface area contributed by atoms with E-state index in [4.69, 9.17) is 11.6 Å². The zero-order chi connectivity index (χ0) is 9.14. The van der Waals surface area contributed by atoms with E-state index in [1.807, 2.05) is 0 Å². The SMILES string of the molecule is O=Cc1cc(Cl)c(C=O)cc1F. The third-order valence-corrected chi connectivity index (χ3v) is 1.70. The lowest BCUT2D eigenvalue weighted by atomic mass is 10.1. The minimum absolute atomic E-state index is 0.0415. The molecule has 1 aromatic rings. The molecule has 0 amide bonds. The number of carbonyl (C=O) groups is 2. The average Bonchev–Trinajstić information content (AvgIpc) is 2.08. The van der Waals surface area contributed by atoms with Gasteiger partial charge in [-0.3, -0.25) is 9.59 Å². The molecule has 2 nitrogen and oxygen atoms in total. The predicted octanol–water partition coefficient (Wildman–Crippen LogP) is 2.10. The van der Waals surface area contributed by atoms with Crippen LogP contribution in [0.4, 0.5) is 4.39 Å². The summed E-state index contributed by atoms with van der Waals surface area (Å²) in [5, 5.41) is 0.0773. The summed E-state index contributed by atoms with van der Waals surface area (Å²) in [6.07, 6.45) is 0.774. The molecule has 0 saturated carbocycles. The summed E-state index contributed by atoms with van der Waals surface area (Å²) in [6.45, 7) is 0. The second-order valence-corrected chi connectivity index (χ2v) is 2.54. The first-order valence-electron chi connectivity index (χ1n) is 3.08. The Balaban J connectivity index is 3.34. The Morgan fingerprint density at radius 3 is 2.25 bits per heavy atom. The van der Waals surface area contributed by atoms with Crippen molar-refractivity contribution < 1.29 is 14.0 Å². The first-order chi connectivity index (χ1) is 5.69. The lowest BCUT2D eigenvalue weighted by Gasteiger charge is -1.98. The molecule has 0 spiro atoms. The van der Waals surface area contributed by atoms with Crippen LogP contribution in [0.5, 0.6) is 0 Å². The zero-order valence-corrected chi connectivity index (χ0v) is 6.64. The van der Waals surface area contributed by atoms with Crippen molar-refractivity contribution in [2.24, 2.45) is 0 Å². The van der Waals surface area contributed by atoms with E-state index in [1.165, 1.54) is 0 Å². The molecule has 0 N–H and O–H groups in total. The zero-order valence-electron chi connectivity index (χ0n) is 5.88. The molecule has 1 rings (SSSR count). The summed E-state index contributed by atoms with van der Waals surface area (Å²) in [5.41, 5.74) is -0.106. The fourth-order valence-electron chi connectivity index (χ4n) is 0.758. The highest BCUT2D eigenvalue weighted by Gasteiger charge is 2.06. The van der Waals surface area contributed by atoms with Gasteiger partial charge in [-0.2, -0.15) is 0 Å². The number of aldehydes is 2. The summed E-state index contributed by atoms with van der Waals surface area (Å²) in [4.78, 5) is 20.4. The van der Waals surface area contributed by atoms with E-state index in [2.05, 4.69) is 0 Å². The third-order valence-electron chi connectivity index (χ3n) is 1.37. The quantitative estimate of drug-likeness (QED) is 0.663. The van der Waals surface area contributed by atoms with Gasteiger partial charge in [0.05, 0.1) is 10.6 Å². The molecule has 0 unspecified atom stereocenters. The van der Waals surface area contributed by atoms with E-state index in [-0.39, 0.29) is 16.1 Å². The minimum Gasteiger partial charge on any atom is -0.298 e. The fourth-order valence-corrected chi connectivity index (χ4v) is 0.975. The minimum atomic E-state index is -0.739. The van der Waals surface area contributed by atoms with Crippen molar-refractivity contribution in [1.29, 1.82) is 0 Å². The maximum Gasteiger partial charge on any atom is 0.153 e. The van der Waals surface area contributed by atoms with Gasteiger partial charge < -0.3 is 0 Å². The normalized spacial score (nSPS) is 9.50. The van der Waals surface area contributed by atoms with Crippen molar-refractivity contribution >= 4 is 24.2 Å². The van der Waals surface area contributed by atoms with E-state index in [0.29, 0.717) is 12.6 Å². The molecular formula is C8H4ClFO2. The van der Waals surface area contributed by atoms with E-state index >= 15 is 0 Å². The predicted molar refractivity (Wildman–Crippen MR) is 42.2 cm³/mol. The molecule has 0 heterocycles. The van der Waals surface area contributed by atoms with Crippen LogP contribution in [0.2, 0.25) is 5.02 Å². The number of halogens is 2. The molecule has 0 radical (unpaired) electrons. The summed E-state index contributed by atoms with van der Waals surface area (Å²) in [5.74, 6) is -0.739. The van der Waals surface area contributed by atoms with Gasteiger partial charge in [-0.15, -0.1) is 0 Å². The van der Waals surface area contributed by atoms with Gasteiger partial charge in [-0.05, 0) is 12.1 Å². The summed E-state index contributed by atoms with van der Waals surface area (Å²) in [7, 11) is 0. The van der Waals surface area contributed by atoms with Crippen LogP contribution in [0.3, 0.4) is 0 Å². The lowest BCUT2D eigenvalue weighted by Crippen LogP contribution is -1.91. The second kappa shape index (κ2) is 3.45. The molecule has 0 aliphatic heterocycles. The van der Waals surface area contributed by atoms with Crippen molar-refractivity contribution in [2.75, 3.05) is 0 Å². The van der Waals surface area contributed by atoms with Crippen LogP contribution in [-0.2, 0) is 0 Å². The fraction of sp³-hybridized carbons (Fsp3) is 0. The Bertz CT molecular complexity index is 302. The van der Waals surface area contributed by atoms with Gasteiger partial charge in [0.25, 0.3) is 0 Å². The van der Waals surface area contributed by atoms with Crippen molar-refractivity contribution in [3.8, 4) is 0 Å². The Kier molecular flexibility index (Phi) is 2.55. The second-order valence-electron chi connectivity index (χ2n) is 2.13. The Hall–Kier alpha value is -1.22. The standard InChI is InChI=1S/C8H4ClFO2/c9-7-1-6(4-12)8(10)2-5(7)3-11/h1-4H. The van der Waals surface area contributed by atoms with Crippen LogP contribution in [0.25, 0.3) is 0 Å². The highest BCUT2D eigenvalue weighted by molar-refractivity contribution is 6.33. The lowest BCUT2D eigenvalue weighted by molar-refractivity contribution is 0.110. The maximum absolute atomic E-state index is 12.8. The van der Waals surface area contributed by atoms with Gasteiger partial charge in [0.2, 0.25) is 0 Å². The Morgan fingerprint density at radius 2 is 1.75 bits per heavy atom. The van der Waals surface area contributed by atoms with Gasteiger partial charge >= 0.3 is 0 Å². The number of carbonyl (C=O) groups excluding carboxylic acids is 2. The molecule has 4 heteroatoms. The molecule has 0 aliphatic rings. The first-order valence-corrected chi connectivity index (χ1v) is 3.46. The average molecular weight is 187 g/mol. The van der Waals surface area contributed by atoms with E-state index < -0.39 is 5.82 Å². The number of hydrogen-bond acceptors (Lipinski definition) is 2. The van der Waals surface area contributed by atoms with E-state index in [0.717, 1.165) is 12.1 Å². The van der Waals surface area contributed by atoms with Crippen molar-refractivity contribution in [3.05, 3.63) is 34.1 Å². The van der Waals surface area contributed by atoms with Crippen LogP contribution in [0.15, 0.2) is 12.1 Å². The monoisotopic (exact) mass is 186 g/mol. The van der Waals surface area contributed by atoms with Gasteiger partial charge in [-0.25, -0.2) is 4.39 Å². The van der Waals surface area contributed by atoms with Gasteiger partial charge in [0.1, 0.15) is 5.82 Å². The van der Waals surface area contributed by atoms with Crippen molar-refractivity contribution in [3.63, 3.8) is 0 Å². The topological polar surface area (TPSA) is 34.1 Å². The van der Waals surface area contributed by atoms with Crippen LogP contribution in [0.1, 0.15) is 20.7 Å². The number of benzene rings is 1. The molecule has 0 aliphatic carbocycles. The summed E-state index contributed by atoms with van der Waals surface area (Å²) < 4.78 is 12.8. The molecule has 0 bridgehead atoms. The van der Waals surface area contributed by atoms with Crippen LogP contribution < -0.4 is 0 Å². The van der Waals surface area contributed by atoms with Crippen molar-refractivity contribution in [2.45, 2.75) is 0 Å². The maximum atomic E-state index is 12.8. The van der Waals surface area contributed by atoms with Crippen LogP contribution in [-0.4, -0.2) is 12.6 Å². The molecule has 0 atom stereocenters. The van der Waals surface area contributed by atoms with Crippen molar-refractivity contribution in [1.82, 2.24) is 0 Å². The molecular weight excluding hydrogens is 183 g/mol. The Labute approximate surface area is 73.0 Å². The van der Waals surface area contributed by atoms with Gasteiger partial charge in [-0.1, -0.05) is 11.6 Å².